The van der Waals surface area contributed by atoms with Crippen molar-refractivity contribution >= 4 is 11.7 Å². The van der Waals surface area contributed by atoms with Crippen LogP contribution in [-0.2, 0) is 11.2 Å². The summed E-state index contributed by atoms with van der Waals surface area (Å²) < 4.78 is 5.33. The fraction of sp³-hybridized carbons (Fsp3) is 0.385. The van der Waals surface area contributed by atoms with E-state index >= 15 is 0 Å². The number of fused-ring (bicyclic) bond motifs is 1. The Kier molecular flexibility index (Phi) is 2.98. The van der Waals surface area contributed by atoms with Crippen molar-refractivity contribution < 1.29 is 9.53 Å². The van der Waals surface area contributed by atoms with E-state index in [2.05, 4.69) is 15.4 Å². The number of hydrogen-bond acceptors (Lipinski definition) is 4. The summed E-state index contributed by atoms with van der Waals surface area (Å²) in [4.78, 5) is 14.0. The number of carbonyl (C=O) groups excluding carboxylic acids is 1. The molecule has 1 aromatic rings. The van der Waals surface area contributed by atoms with Gasteiger partial charge in [0.15, 0.2) is 0 Å². The fourth-order valence-electron chi connectivity index (χ4n) is 2.29. The highest BCUT2D eigenvalue weighted by atomic mass is 16.5. The van der Waals surface area contributed by atoms with Gasteiger partial charge in [0.25, 0.3) is 5.91 Å². The Morgan fingerprint density at radius 3 is 2.83 bits per heavy atom. The summed E-state index contributed by atoms with van der Waals surface area (Å²) in [7, 11) is 0. The summed E-state index contributed by atoms with van der Waals surface area (Å²) in [5, 5.41) is 4.23. The normalized spacial score (nSPS) is 19.7. The van der Waals surface area contributed by atoms with Crippen LogP contribution in [0, 0.1) is 0 Å². The van der Waals surface area contributed by atoms with Gasteiger partial charge in [0.05, 0.1) is 13.2 Å². The van der Waals surface area contributed by atoms with E-state index in [1.807, 2.05) is 24.3 Å². The third-order valence-electron chi connectivity index (χ3n) is 3.27. The lowest BCUT2D eigenvalue weighted by molar-refractivity contribution is 0.0671. The molecule has 1 fully saturated rings. The Balaban J connectivity index is 1.88. The number of amides is 1. The molecule has 1 N–H and O–H groups in total. The van der Waals surface area contributed by atoms with Gasteiger partial charge >= 0.3 is 0 Å². The van der Waals surface area contributed by atoms with Gasteiger partial charge < -0.3 is 9.64 Å². The van der Waals surface area contributed by atoms with Crippen LogP contribution >= 0.6 is 0 Å². The second kappa shape index (κ2) is 4.78. The van der Waals surface area contributed by atoms with Gasteiger partial charge in [-0.2, -0.15) is 5.10 Å². The highest BCUT2D eigenvalue weighted by Crippen LogP contribution is 2.14. The minimum atomic E-state index is -0.131. The number of nitrogens with zero attached hydrogens (tertiary/aromatic N) is 2. The zero-order valence-corrected chi connectivity index (χ0v) is 10.1. The number of carbonyl (C=O) groups is 1. The van der Waals surface area contributed by atoms with E-state index in [4.69, 9.17) is 4.74 Å². The number of amidine groups is 1. The van der Waals surface area contributed by atoms with E-state index in [0.717, 1.165) is 24.5 Å². The van der Waals surface area contributed by atoms with Crippen molar-refractivity contribution in [3.8, 4) is 0 Å². The molecule has 1 amide bonds. The minimum absolute atomic E-state index is 0.131. The number of rotatable bonds is 0. The summed E-state index contributed by atoms with van der Waals surface area (Å²) in [6.07, 6.45) is 0.689. The van der Waals surface area contributed by atoms with E-state index in [0.29, 0.717) is 25.2 Å². The molecule has 2 aliphatic rings. The van der Waals surface area contributed by atoms with Gasteiger partial charge in [0.1, 0.15) is 5.84 Å². The molecule has 0 spiro atoms. The van der Waals surface area contributed by atoms with Crippen molar-refractivity contribution in [3.05, 3.63) is 35.4 Å². The Bertz CT molecular complexity index is 493. The summed E-state index contributed by atoms with van der Waals surface area (Å²) in [5.74, 6) is 0.783. The molecule has 5 heteroatoms. The maximum absolute atomic E-state index is 11.9. The van der Waals surface area contributed by atoms with Crippen LogP contribution in [-0.4, -0.2) is 42.9 Å². The first-order chi connectivity index (χ1) is 8.84. The molecule has 5 nitrogen and oxygen atoms in total. The third-order valence-corrected chi connectivity index (χ3v) is 3.27. The van der Waals surface area contributed by atoms with Gasteiger partial charge in [-0.25, -0.2) is 5.43 Å². The lowest BCUT2D eigenvalue weighted by Crippen LogP contribution is -2.42. The SMILES string of the molecule is O=C1NN=C(N2CCOCC2)Cc2ccccc21. The summed E-state index contributed by atoms with van der Waals surface area (Å²) in [6, 6.07) is 7.64. The molecule has 2 aliphatic heterocycles. The van der Waals surface area contributed by atoms with E-state index in [-0.39, 0.29) is 5.91 Å². The van der Waals surface area contributed by atoms with Crippen molar-refractivity contribution in [1.29, 1.82) is 0 Å². The molecule has 18 heavy (non-hydrogen) atoms. The highest BCUT2D eigenvalue weighted by Gasteiger charge is 2.21. The van der Waals surface area contributed by atoms with Crippen LogP contribution < -0.4 is 5.43 Å². The van der Waals surface area contributed by atoms with E-state index < -0.39 is 0 Å². The quantitative estimate of drug-likeness (QED) is 0.729. The summed E-state index contributed by atoms with van der Waals surface area (Å²) >= 11 is 0. The zero-order valence-electron chi connectivity index (χ0n) is 10.1. The molecule has 0 saturated carbocycles. The van der Waals surface area contributed by atoms with E-state index in [1.165, 1.54) is 0 Å². The van der Waals surface area contributed by atoms with E-state index in [9.17, 15) is 4.79 Å². The molecule has 0 aliphatic carbocycles. The number of ether oxygens (including phenoxy) is 1. The summed E-state index contributed by atoms with van der Waals surface area (Å²) in [6.45, 7) is 3.09. The molecule has 0 atom stereocenters. The molecular weight excluding hydrogens is 230 g/mol. The smallest absolute Gasteiger partial charge is 0.271 e. The molecule has 0 radical (unpaired) electrons. The number of hydrazone groups is 1. The predicted octanol–water partition coefficient (Wildman–Crippen LogP) is 0.618. The first-order valence-electron chi connectivity index (χ1n) is 6.12. The molecule has 0 bridgehead atoms. The standard InChI is InChI=1S/C13H15N3O2/c17-13-11-4-2-1-3-10(11)9-12(14-15-13)16-5-7-18-8-6-16/h1-4H,5-9H2,(H,15,17). The van der Waals surface area contributed by atoms with Crippen molar-refractivity contribution in [2.24, 2.45) is 5.10 Å². The summed E-state index contributed by atoms with van der Waals surface area (Å²) in [5.41, 5.74) is 4.35. The third kappa shape index (κ3) is 2.09. The first-order valence-corrected chi connectivity index (χ1v) is 6.12. The topological polar surface area (TPSA) is 53.9 Å². The molecule has 1 saturated heterocycles. The number of benzene rings is 1. The van der Waals surface area contributed by atoms with Crippen LogP contribution in [0.25, 0.3) is 0 Å². The predicted molar refractivity (Wildman–Crippen MR) is 67.4 cm³/mol. The van der Waals surface area contributed by atoms with Crippen LogP contribution in [0.2, 0.25) is 0 Å². The lowest BCUT2D eigenvalue weighted by Gasteiger charge is -2.29. The maximum atomic E-state index is 11.9. The van der Waals surface area contributed by atoms with Gasteiger partial charge in [-0.05, 0) is 11.6 Å². The van der Waals surface area contributed by atoms with Gasteiger partial charge in [-0.15, -0.1) is 0 Å². The Morgan fingerprint density at radius 2 is 2.00 bits per heavy atom. The minimum Gasteiger partial charge on any atom is -0.378 e. The van der Waals surface area contributed by atoms with Crippen molar-refractivity contribution in [3.63, 3.8) is 0 Å². The zero-order chi connectivity index (χ0) is 12.4. The van der Waals surface area contributed by atoms with Crippen LogP contribution in [0.15, 0.2) is 29.4 Å². The monoisotopic (exact) mass is 245 g/mol. The van der Waals surface area contributed by atoms with Crippen LogP contribution in [0.4, 0.5) is 0 Å². The number of hydrogen-bond donors (Lipinski definition) is 1. The van der Waals surface area contributed by atoms with Gasteiger partial charge in [-0.1, -0.05) is 18.2 Å². The second-order valence-corrected chi connectivity index (χ2v) is 4.40. The lowest BCUT2D eigenvalue weighted by atomic mass is 10.0. The van der Waals surface area contributed by atoms with Crippen molar-refractivity contribution in [2.75, 3.05) is 26.3 Å². The van der Waals surface area contributed by atoms with Gasteiger partial charge in [-0.3, -0.25) is 4.79 Å². The highest BCUT2D eigenvalue weighted by molar-refractivity contribution is 6.00. The average molecular weight is 245 g/mol. The van der Waals surface area contributed by atoms with E-state index in [1.54, 1.807) is 0 Å². The molecule has 2 heterocycles. The Hall–Kier alpha value is -1.88. The molecule has 0 aromatic heterocycles. The molecular formula is C13H15N3O2. The first kappa shape index (κ1) is 11.2. The molecule has 0 unspecified atom stereocenters. The van der Waals surface area contributed by atoms with Gasteiger partial charge in [0, 0.05) is 25.1 Å². The van der Waals surface area contributed by atoms with Crippen LogP contribution in [0.3, 0.4) is 0 Å². The average Bonchev–Trinajstić information content (AvgIpc) is 2.60. The fourth-order valence-corrected chi connectivity index (χ4v) is 2.29. The molecule has 3 rings (SSSR count). The van der Waals surface area contributed by atoms with Crippen molar-refractivity contribution in [2.45, 2.75) is 6.42 Å². The Labute approximate surface area is 105 Å². The molecule has 1 aromatic carbocycles. The number of morpholine rings is 1. The number of nitrogens with one attached hydrogen (secondary N) is 1. The Morgan fingerprint density at radius 1 is 1.22 bits per heavy atom. The maximum Gasteiger partial charge on any atom is 0.271 e. The van der Waals surface area contributed by atoms with Crippen LogP contribution in [0.5, 0.6) is 0 Å². The van der Waals surface area contributed by atoms with Gasteiger partial charge in [0.2, 0.25) is 0 Å². The molecule has 94 valence electrons. The van der Waals surface area contributed by atoms with Crippen LogP contribution in [0.1, 0.15) is 15.9 Å². The van der Waals surface area contributed by atoms with Crippen molar-refractivity contribution in [1.82, 2.24) is 10.3 Å². The second-order valence-electron chi connectivity index (χ2n) is 4.40. The largest absolute Gasteiger partial charge is 0.378 e.